The average molecular weight is 561 g/mol. The van der Waals surface area contributed by atoms with Crippen molar-refractivity contribution in [2.24, 2.45) is 40.9 Å². The predicted molar refractivity (Wildman–Crippen MR) is 121 cm³/mol. The van der Waals surface area contributed by atoms with Gasteiger partial charge < -0.3 is 14.2 Å². The van der Waals surface area contributed by atoms with Crippen molar-refractivity contribution in [3.63, 3.8) is 0 Å². The van der Waals surface area contributed by atoms with E-state index >= 15 is 0 Å². The monoisotopic (exact) mass is 560 g/mol. The van der Waals surface area contributed by atoms with Gasteiger partial charge in [-0.25, -0.2) is 9.59 Å². The molecule has 10 nitrogen and oxygen atoms in total. The average Bonchev–Trinajstić information content (AvgIpc) is 2.81. The van der Waals surface area contributed by atoms with Crippen LogP contribution in [-0.4, -0.2) is 60.2 Å². The van der Waals surface area contributed by atoms with Crippen molar-refractivity contribution in [3.05, 3.63) is 0 Å². The van der Waals surface area contributed by atoms with Crippen molar-refractivity contribution in [3.8, 4) is 0 Å². The Bertz CT molecular complexity index is 1160. The smallest absolute Gasteiger partial charge is 0.456 e. The number of Topliss-reactive ketones (excluding diaryl/α,β-unsaturated/α-hetero) is 1. The topological polar surface area (TPSA) is 150 Å². The minimum absolute atomic E-state index is 0.0666. The van der Waals surface area contributed by atoms with Gasteiger partial charge in [-0.2, -0.15) is 17.2 Å². The molecule has 0 spiro atoms. The summed E-state index contributed by atoms with van der Waals surface area (Å²) in [7, 11) is -5.98. The standard InChI is InChI=1S/C25H30F2O10S/c26-25(27,38(32,33)34)22(31)36-20-16-3-12-4-17(20)8-23(5-12,7-16)21(30)35-11-18(28)37-24-6-13-1-14(9-24)19(29)15(2-13)10-24/h12-17,20H,1-11H2,(H,32,33,34). The van der Waals surface area contributed by atoms with E-state index in [1.54, 1.807) is 0 Å². The predicted octanol–water partition coefficient (Wildman–Crippen LogP) is 2.44. The third-order valence-electron chi connectivity index (χ3n) is 10.0. The molecule has 38 heavy (non-hydrogen) atoms. The van der Waals surface area contributed by atoms with Gasteiger partial charge in [0.15, 0.2) is 6.61 Å². The van der Waals surface area contributed by atoms with E-state index in [2.05, 4.69) is 0 Å². The number of carbonyl (C=O) groups excluding carboxylic acids is 4. The Morgan fingerprint density at radius 2 is 1.50 bits per heavy atom. The van der Waals surface area contributed by atoms with Crippen LogP contribution in [0.1, 0.15) is 64.2 Å². The van der Waals surface area contributed by atoms with Crippen LogP contribution >= 0.6 is 0 Å². The number of esters is 3. The van der Waals surface area contributed by atoms with Gasteiger partial charge in [-0.05, 0) is 87.9 Å². The number of carbonyl (C=O) groups is 4. The van der Waals surface area contributed by atoms with E-state index in [1.807, 2.05) is 0 Å². The SMILES string of the molecule is O=C(COC(=O)C12CC3CC(C1)C(OC(=O)C(F)(F)S(=O)(=O)O)C(C3)C2)OC12CC3CC(C1)C(=O)C(C3)C2. The molecular weight excluding hydrogens is 530 g/mol. The molecule has 0 radical (unpaired) electrons. The van der Waals surface area contributed by atoms with Gasteiger partial charge in [-0.3, -0.25) is 14.1 Å². The summed E-state index contributed by atoms with van der Waals surface area (Å²) >= 11 is 0. The van der Waals surface area contributed by atoms with Crippen LogP contribution in [-0.2, 0) is 43.5 Å². The fourth-order valence-electron chi connectivity index (χ4n) is 9.07. The lowest BCUT2D eigenvalue weighted by Crippen LogP contribution is -2.58. The molecule has 0 aromatic carbocycles. The molecule has 4 atom stereocenters. The summed E-state index contributed by atoms with van der Waals surface area (Å²) in [6.07, 6.45) is 4.39. The molecule has 8 fully saturated rings. The van der Waals surface area contributed by atoms with Gasteiger partial charge in [0, 0.05) is 11.8 Å². The second-order valence-corrected chi connectivity index (χ2v) is 14.1. The number of ketones is 1. The molecule has 210 valence electrons. The van der Waals surface area contributed by atoms with Gasteiger partial charge in [0.05, 0.1) is 5.41 Å². The molecule has 1 N–H and O–H groups in total. The van der Waals surface area contributed by atoms with Crippen LogP contribution in [0, 0.1) is 40.9 Å². The normalized spacial score (nSPS) is 42.7. The Kier molecular flexibility index (Phi) is 5.78. The van der Waals surface area contributed by atoms with E-state index in [9.17, 15) is 36.4 Å². The van der Waals surface area contributed by atoms with Gasteiger partial charge in [0.25, 0.3) is 0 Å². The first-order chi connectivity index (χ1) is 17.7. The van der Waals surface area contributed by atoms with Crippen molar-refractivity contribution in [2.75, 3.05) is 6.61 Å². The quantitative estimate of drug-likeness (QED) is 0.279. The molecular formula is C25H30F2O10S. The molecule has 8 aliphatic carbocycles. The van der Waals surface area contributed by atoms with Crippen molar-refractivity contribution in [2.45, 2.75) is 81.2 Å². The van der Waals surface area contributed by atoms with Crippen LogP contribution in [0.25, 0.3) is 0 Å². The molecule has 4 unspecified atom stereocenters. The molecule has 8 saturated carbocycles. The Morgan fingerprint density at radius 1 is 0.921 bits per heavy atom. The second kappa shape index (κ2) is 8.42. The molecule has 13 heteroatoms. The summed E-state index contributed by atoms with van der Waals surface area (Å²) in [5.74, 6) is -3.89. The summed E-state index contributed by atoms with van der Waals surface area (Å²) < 4.78 is 74.2. The largest absolute Gasteiger partial charge is 0.465 e. The maximum atomic E-state index is 13.8. The maximum absolute atomic E-state index is 13.8. The summed E-state index contributed by atoms with van der Waals surface area (Å²) in [4.78, 5) is 50.2. The first kappa shape index (κ1) is 26.1. The van der Waals surface area contributed by atoms with Crippen molar-refractivity contribution in [1.29, 1.82) is 0 Å². The Morgan fingerprint density at radius 3 is 2.08 bits per heavy atom. The van der Waals surface area contributed by atoms with Crippen LogP contribution in [0.15, 0.2) is 0 Å². The number of alkyl halides is 2. The van der Waals surface area contributed by atoms with E-state index in [1.165, 1.54) is 0 Å². The van der Waals surface area contributed by atoms with Gasteiger partial charge in [-0.1, -0.05) is 0 Å². The third kappa shape index (κ3) is 4.06. The van der Waals surface area contributed by atoms with Crippen molar-refractivity contribution < 1.29 is 55.1 Å². The van der Waals surface area contributed by atoms with E-state index < -0.39 is 68.8 Å². The second-order valence-electron chi connectivity index (χ2n) is 12.6. The molecule has 8 rings (SSSR count). The molecule has 0 amide bonds. The zero-order valence-electron chi connectivity index (χ0n) is 20.6. The number of hydrogen-bond donors (Lipinski definition) is 1. The van der Waals surface area contributed by atoms with Gasteiger partial charge in [0.2, 0.25) is 0 Å². The first-order valence-electron chi connectivity index (χ1n) is 13.2. The fourth-order valence-corrected chi connectivity index (χ4v) is 9.33. The fraction of sp³-hybridized carbons (Fsp3) is 0.840. The van der Waals surface area contributed by atoms with Crippen molar-refractivity contribution >= 4 is 33.8 Å². The van der Waals surface area contributed by atoms with Gasteiger partial charge in [0.1, 0.15) is 17.5 Å². The van der Waals surface area contributed by atoms with E-state index in [4.69, 9.17) is 18.8 Å². The molecule has 0 heterocycles. The zero-order chi connectivity index (χ0) is 27.3. The maximum Gasteiger partial charge on any atom is 0.465 e. The van der Waals surface area contributed by atoms with Crippen molar-refractivity contribution in [1.82, 2.24) is 0 Å². The highest BCUT2D eigenvalue weighted by molar-refractivity contribution is 7.87. The molecule has 0 aromatic rings. The van der Waals surface area contributed by atoms with Crippen LogP contribution in [0.3, 0.4) is 0 Å². The number of hydrogen-bond acceptors (Lipinski definition) is 9. The summed E-state index contributed by atoms with van der Waals surface area (Å²) in [5.41, 5.74) is -1.62. The first-order valence-corrected chi connectivity index (χ1v) is 14.6. The van der Waals surface area contributed by atoms with E-state index in [-0.39, 0.29) is 36.4 Å². The Hall–Kier alpha value is -2.15. The van der Waals surface area contributed by atoms with Gasteiger partial charge >= 0.3 is 33.3 Å². The highest BCUT2D eigenvalue weighted by atomic mass is 32.2. The van der Waals surface area contributed by atoms with E-state index in [0.717, 1.165) is 19.3 Å². The highest BCUT2D eigenvalue weighted by Gasteiger charge is 2.63. The molecule has 0 aromatic heterocycles. The zero-order valence-corrected chi connectivity index (χ0v) is 21.4. The van der Waals surface area contributed by atoms with Crippen LogP contribution < -0.4 is 0 Å². The molecule has 0 aliphatic heterocycles. The number of halogens is 2. The minimum Gasteiger partial charge on any atom is -0.456 e. The van der Waals surface area contributed by atoms with Crippen LogP contribution in [0.5, 0.6) is 0 Å². The van der Waals surface area contributed by atoms with Crippen LogP contribution in [0.2, 0.25) is 0 Å². The number of ether oxygens (including phenoxy) is 3. The lowest BCUT2D eigenvalue weighted by Gasteiger charge is -2.57. The lowest BCUT2D eigenvalue weighted by atomic mass is 9.48. The highest BCUT2D eigenvalue weighted by Crippen LogP contribution is 2.61. The number of rotatable bonds is 7. The molecule has 8 aliphatic rings. The molecule has 8 bridgehead atoms. The summed E-state index contributed by atoms with van der Waals surface area (Å²) in [6, 6.07) is 0. The third-order valence-corrected chi connectivity index (χ3v) is 10.8. The lowest BCUT2D eigenvalue weighted by molar-refractivity contribution is -0.207. The molecule has 0 saturated heterocycles. The minimum atomic E-state index is -5.98. The Labute approximate surface area is 217 Å². The van der Waals surface area contributed by atoms with E-state index in [0.29, 0.717) is 38.0 Å². The summed E-state index contributed by atoms with van der Waals surface area (Å²) in [6.45, 7) is -0.560. The van der Waals surface area contributed by atoms with Crippen LogP contribution in [0.4, 0.5) is 8.78 Å². The summed E-state index contributed by atoms with van der Waals surface area (Å²) in [5, 5.41) is -5.08. The van der Waals surface area contributed by atoms with Gasteiger partial charge in [-0.15, -0.1) is 0 Å². The Balaban J connectivity index is 1.07.